The zero-order valence-corrected chi connectivity index (χ0v) is 21.9. The van der Waals surface area contributed by atoms with E-state index in [4.69, 9.17) is 23.7 Å². The van der Waals surface area contributed by atoms with Crippen molar-refractivity contribution in [3.8, 4) is 11.5 Å². The Labute approximate surface area is 218 Å². The molecule has 200 valence electrons. The van der Waals surface area contributed by atoms with E-state index in [1.807, 2.05) is 49.4 Å². The van der Waals surface area contributed by atoms with Gasteiger partial charge in [0.05, 0.1) is 38.0 Å². The average Bonchev–Trinajstić information content (AvgIpc) is 2.93. The Balaban J connectivity index is 1.49. The quantitative estimate of drug-likeness (QED) is 0.325. The molecule has 0 spiro atoms. The minimum Gasteiger partial charge on any atom is -0.497 e. The highest BCUT2D eigenvalue weighted by Gasteiger charge is 2.36. The van der Waals surface area contributed by atoms with Gasteiger partial charge in [0.15, 0.2) is 6.61 Å². The lowest BCUT2D eigenvalue weighted by molar-refractivity contribution is -0.150. The highest BCUT2D eigenvalue weighted by Crippen LogP contribution is 2.40. The van der Waals surface area contributed by atoms with Crippen LogP contribution in [0, 0.1) is 5.92 Å². The largest absolute Gasteiger partial charge is 0.497 e. The Morgan fingerprint density at radius 2 is 1.92 bits per heavy atom. The van der Waals surface area contributed by atoms with Crippen LogP contribution in [-0.4, -0.2) is 58.6 Å². The predicted molar refractivity (Wildman–Crippen MR) is 139 cm³/mol. The fourth-order valence-corrected chi connectivity index (χ4v) is 5.17. The van der Waals surface area contributed by atoms with Crippen molar-refractivity contribution >= 4 is 17.6 Å². The molecule has 3 atom stereocenters. The van der Waals surface area contributed by atoms with Crippen molar-refractivity contribution in [1.29, 1.82) is 0 Å². The number of esters is 1. The van der Waals surface area contributed by atoms with Crippen LogP contribution >= 0.6 is 0 Å². The number of benzene rings is 2. The molecule has 2 aromatic rings. The van der Waals surface area contributed by atoms with Gasteiger partial charge in [0.25, 0.3) is 5.91 Å². The summed E-state index contributed by atoms with van der Waals surface area (Å²) in [5.41, 5.74) is 2.86. The molecule has 37 heavy (non-hydrogen) atoms. The molecule has 1 fully saturated rings. The van der Waals surface area contributed by atoms with Crippen LogP contribution in [0.1, 0.15) is 49.7 Å². The van der Waals surface area contributed by atoms with Gasteiger partial charge >= 0.3 is 5.97 Å². The molecule has 2 aliphatic rings. The Bertz CT molecular complexity index is 1050. The number of ether oxygens (including phenoxy) is 5. The first-order valence-electron chi connectivity index (χ1n) is 13.0. The second-order valence-corrected chi connectivity index (χ2v) is 9.47. The molecule has 0 radical (unpaired) electrons. The van der Waals surface area contributed by atoms with Crippen LogP contribution in [-0.2, 0) is 30.4 Å². The van der Waals surface area contributed by atoms with Gasteiger partial charge in [-0.05, 0) is 68.0 Å². The molecule has 0 unspecified atom stereocenters. The first-order valence-corrected chi connectivity index (χ1v) is 13.0. The molecule has 1 aliphatic carbocycles. The van der Waals surface area contributed by atoms with E-state index in [-0.39, 0.29) is 36.4 Å². The van der Waals surface area contributed by atoms with Gasteiger partial charge in [0.1, 0.15) is 11.5 Å². The molecule has 1 amide bonds. The standard InChI is InChI=1S/C29H37NO7/c1-4-35-29(32)22-9-13-26(24(17-22)21-7-10-23(34-3)11-8-21)36-18-20-6-12-27-25(16-20)30(14-5-15-33-2)28(31)19-37-27/h6-8,10-12,16,22,24,26H,4-5,9,13-15,17-19H2,1-3H3/t22-,24-,26+/m1/s1. The normalized spacial score (nSPS) is 21.2. The van der Waals surface area contributed by atoms with Crippen LogP contribution in [0.15, 0.2) is 42.5 Å². The number of rotatable bonds is 11. The monoisotopic (exact) mass is 511 g/mol. The topological polar surface area (TPSA) is 83.5 Å². The number of fused-ring (bicyclic) bond motifs is 1. The smallest absolute Gasteiger partial charge is 0.308 e. The lowest BCUT2D eigenvalue weighted by Crippen LogP contribution is -2.39. The average molecular weight is 512 g/mol. The van der Waals surface area contributed by atoms with Crippen LogP contribution in [0.4, 0.5) is 5.69 Å². The molecule has 0 aromatic heterocycles. The summed E-state index contributed by atoms with van der Waals surface area (Å²) in [7, 11) is 3.30. The molecule has 0 bridgehead atoms. The Hall–Kier alpha value is -3.10. The second-order valence-electron chi connectivity index (χ2n) is 9.47. The number of nitrogens with zero attached hydrogens (tertiary/aromatic N) is 1. The summed E-state index contributed by atoms with van der Waals surface area (Å²) in [6, 6.07) is 13.8. The molecule has 1 saturated carbocycles. The highest BCUT2D eigenvalue weighted by molar-refractivity contribution is 5.97. The van der Waals surface area contributed by atoms with Gasteiger partial charge in [-0.15, -0.1) is 0 Å². The summed E-state index contributed by atoms with van der Waals surface area (Å²) in [6.07, 6.45) is 2.86. The molecule has 2 aromatic carbocycles. The van der Waals surface area contributed by atoms with Crippen LogP contribution in [0.2, 0.25) is 0 Å². The summed E-state index contributed by atoms with van der Waals surface area (Å²) in [5, 5.41) is 0. The summed E-state index contributed by atoms with van der Waals surface area (Å²) < 4.78 is 27.9. The van der Waals surface area contributed by atoms with Gasteiger partial charge in [-0.25, -0.2) is 0 Å². The van der Waals surface area contributed by atoms with Crippen molar-refractivity contribution in [2.45, 2.75) is 51.2 Å². The summed E-state index contributed by atoms with van der Waals surface area (Å²) in [5.74, 6) is 1.22. The van der Waals surface area contributed by atoms with E-state index in [9.17, 15) is 9.59 Å². The second kappa shape index (κ2) is 12.9. The van der Waals surface area contributed by atoms with Crippen LogP contribution in [0.5, 0.6) is 11.5 Å². The third-order valence-corrected chi connectivity index (χ3v) is 7.11. The highest BCUT2D eigenvalue weighted by atomic mass is 16.5. The van der Waals surface area contributed by atoms with E-state index in [1.54, 1.807) is 19.1 Å². The van der Waals surface area contributed by atoms with Crippen molar-refractivity contribution in [3.05, 3.63) is 53.6 Å². The van der Waals surface area contributed by atoms with Gasteiger partial charge in [-0.2, -0.15) is 0 Å². The third kappa shape index (κ3) is 6.62. The lowest BCUT2D eigenvalue weighted by Gasteiger charge is -2.35. The maximum atomic E-state index is 12.5. The first-order chi connectivity index (χ1) is 18.0. The lowest BCUT2D eigenvalue weighted by atomic mass is 9.76. The van der Waals surface area contributed by atoms with Gasteiger partial charge in [-0.3, -0.25) is 9.59 Å². The van der Waals surface area contributed by atoms with Crippen molar-refractivity contribution < 1.29 is 33.3 Å². The van der Waals surface area contributed by atoms with Gasteiger partial charge in [0, 0.05) is 26.2 Å². The van der Waals surface area contributed by atoms with E-state index in [0.29, 0.717) is 38.5 Å². The minimum absolute atomic E-state index is 0.0447. The Kier molecular flexibility index (Phi) is 9.41. The van der Waals surface area contributed by atoms with Gasteiger partial charge in [0.2, 0.25) is 0 Å². The molecule has 8 heteroatoms. The fraction of sp³-hybridized carbons (Fsp3) is 0.517. The van der Waals surface area contributed by atoms with Crippen molar-refractivity contribution in [1.82, 2.24) is 0 Å². The Morgan fingerprint density at radius 3 is 2.65 bits per heavy atom. The number of hydrogen-bond acceptors (Lipinski definition) is 7. The maximum Gasteiger partial charge on any atom is 0.308 e. The number of anilines is 1. The molecular weight excluding hydrogens is 474 g/mol. The maximum absolute atomic E-state index is 12.5. The van der Waals surface area contributed by atoms with E-state index >= 15 is 0 Å². The first kappa shape index (κ1) is 26.9. The molecular formula is C29H37NO7. The van der Waals surface area contributed by atoms with Crippen molar-refractivity contribution in [3.63, 3.8) is 0 Å². The zero-order valence-electron chi connectivity index (χ0n) is 21.9. The Morgan fingerprint density at radius 1 is 1.11 bits per heavy atom. The van der Waals surface area contributed by atoms with Crippen molar-refractivity contribution in [2.24, 2.45) is 5.92 Å². The van der Waals surface area contributed by atoms with E-state index in [1.165, 1.54) is 0 Å². The van der Waals surface area contributed by atoms with Crippen LogP contribution in [0.3, 0.4) is 0 Å². The number of carbonyl (C=O) groups excluding carboxylic acids is 2. The van der Waals surface area contributed by atoms with Crippen molar-refractivity contribution in [2.75, 3.05) is 45.5 Å². The molecule has 0 N–H and O–H groups in total. The molecule has 4 rings (SSSR count). The minimum atomic E-state index is -0.139. The predicted octanol–water partition coefficient (Wildman–Crippen LogP) is 4.49. The number of hydrogen-bond donors (Lipinski definition) is 0. The SMILES string of the molecule is CCOC(=O)[C@@H]1CC[C@H](OCc2ccc3c(c2)N(CCCOC)C(=O)CO3)[C@@H](c2ccc(OC)cc2)C1. The summed E-state index contributed by atoms with van der Waals surface area (Å²) in [6.45, 7) is 3.83. The number of carbonyl (C=O) groups is 2. The van der Waals surface area contributed by atoms with Gasteiger partial charge in [-0.1, -0.05) is 18.2 Å². The van der Waals surface area contributed by atoms with E-state index in [2.05, 4.69) is 0 Å². The molecule has 1 heterocycles. The third-order valence-electron chi connectivity index (χ3n) is 7.11. The molecule has 1 aliphatic heterocycles. The number of methoxy groups -OCH3 is 2. The van der Waals surface area contributed by atoms with E-state index in [0.717, 1.165) is 41.8 Å². The van der Waals surface area contributed by atoms with Crippen LogP contribution in [0.25, 0.3) is 0 Å². The molecule has 0 saturated heterocycles. The summed E-state index contributed by atoms with van der Waals surface area (Å²) in [4.78, 5) is 26.8. The van der Waals surface area contributed by atoms with Gasteiger partial charge < -0.3 is 28.6 Å². The number of amides is 1. The fourth-order valence-electron chi connectivity index (χ4n) is 5.17. The van der Waals surface area contributed by atoms with Crippen LogP contribution < -0.4 is 14.4 Å². The van der Waals surface area contributed by atoms with E-state index < -0.39 is 0 Å². The molecule has 8 nitrogen and oxygen atoms in total. The summed E-state index contributed by atoms with van der Waals surface area (Å²) >= 11 is 0. The zero-order chi connectivity index (χ0) is 26.2.